The minimum absolute atomic E-state index is 0.446. The van der Waals surface area contributed by atoms with Crippen LogP contribution in [0.25, 0.3) is 0 Å². The molecule has 2 atom stereocenters. The van der Waals surface area contributed by atoms with Crippen molar-refractivity contribution in [3.63, 3.8) is 0 Å². The van der Waals surface area contributed by atoms with Crippen LogP contribution in [-0.4, -0.2) is 38.6 Å². The van der Waals surface area contributed by atoms with Crippen LogP contribution in [0.1, 0.15) is 24.5 Å². The van der Waals surface area contributed by atoms with Crippen molar-refractivity contribution in [2.45, 2.75) is 18.9 Å². The first-order valence-corrected chi connectivity index (χ1v) is 6.77. The number of methoxy groups -OCH3 is 1. The Morgan fingerprint density at radius 2 is 2.21 bits per heavy atom. The molecule has 2 rings (SSSR count). The van der Waals surface area contributed by atoms with E-state index in [0.717, 1.165) is 37.4 Å². The van der Waals surface area contributed by atoms with Gasteiger partial charge < -0.3 is 19.3 Å². The van der Waals surface area contributed by atoms with Crippen LogP contribution < -0.4 is 4.74 Å². The summed E-state index contributed by atoms with van der Waals surface area (Å²) in [6, 6.07) is 7.64. The van der Waals surface area contributed by atoms with Crippen LogP contribution in [0.5, 0.6) is 5.75 Å². The Labute approximate surface area is 114 Å². The SMILES string of the molecule is COCCOc1ccccc1C(O)CC1CCOC1. The Morgan fingerprint density at radius 3 is 2.95 bits per heavy atom. The molecule has 1 heterocycles. The van der Waals surface area contributed by atoms with Crippen LogP contribution in [0.4, 0.5) is 0 Å². The van der Waals surface area contributed by atoms with Crippen molar-refractivity contribution in [3.05, 3.63) is 29.8 Å². The lowest BCUT2D eigenvalue weighted by atomic mass is 9.96. The van der Waals surface area contributed by atoms with Crippen molar-refractivity contribution in [2.24, 2.45) is 5.92 Å². The summed E-state index contributed by atoms with van der Waals surface area (Å²) >= 11 is 0. The predicted molar refractivity (Wildman–Crippen MR) is 72.3 cm³/mol. The highest BCUT2D eigenvalue weighted by Gasteiger charge is 2.22. The van der Waals surface area contributed by atoms with Gasteiger partial charge in [-0.3, -0.25) is 0 Å². The van der Waals surface area contributed by atoms with Gasteiger partial charge in [0, 0.05) is 25.9 Å². The molecule has 0 radical (unpaired) electrons. The normalized spacial score (nSPS) is 20.4. The zero-order chi connectivity index (χ0) is 13.5. The lowest BCUT2D eigenvalue weighted by Gasteiger charge is -2.18. The van der Waals surface area contributed by atoms with E-state index >= 15 is 0 Å². The van der Waals surface area contributed by atoms with Crippen LogP contribution in [0.2, 0.25) is 0 Å². The van der Waals surface area contributed by atoms with Gasteiger partial charge in [-0.05, 0) is 24.8 Å². The van der Waals surface area contributed by atoms with Gasteiger partial charge in [0.1, 0.15) is 12.4 Å². The molecule has 0 aliphatic carbocycles. The first-order chi connectivity index (χ1) is 9.31. The molecule has 1 aliphatic rings. The first kappa shape index (κ1) is 14.3. The monoisotopic (exact) mass is 266 g/mol. The Hall–Kier alpha value is -1.10. The van der Waals surface area contributed by atoms with E-state index in [1.165, 1.54) is 0 Å². The van der Waals surface area contributed by atoms with Crippen LogP contribution >= 0.6 is 0 Å². The van der Waals surface area contributed by atoms with Gasteiger partial charge in [-0.25, -0.2) is 0 Å². The fourth-order valence-corrected chi connectivity index (χ4v) is 2.33. The molecule has 2 unspecified atom stereocenters. The zero-order valence-corrected chi connectivity index (χ0v) is 11.4. The van der Waals surface area contributed by atoms with Crippen LogP contribution in [0, 0.1) is 5.92 Å². The molecule has 1 aromatic rings. The number of hydrogen-bond acceptors (Lipinski definition) is 4. The number of aliphatic hydroxyl groups is 1. The zero-order valence-electron chi connectivity index (χ0n) is 11.4. The fraction of sp³-hybridized carbons (Fsp3) is 0.600. The van der Waals surface area contributed by atoms with E-state index in [1.54, 1.807) is 7.11 Å². The first-order valence-electron chi connectivity index (χ1n) is 6.77. The van der Waals surface area contributed by atoms with Crippen LogP contribution in [0.15, 0.2) is 24.3 Å². The molecule has 4 heteroatoms. The molecule has 1 fully saturated rings. The number of para-hydroxylation sites is 1. The molecule has 1 aromatic carbocycles. The Bertz CT molecular complexity index is 374. The minimum Gasteiger partial charge on any atom is -0.491 e. The number of ether oxygens (including phenoxy) is 3. The molecule has 19 heavy (non-hydrogen) atoms. The third kappa shape index (κ3) is 4.20. The van der Waals surface area contributed by atoms with E-state index in [2.05, 4.69) is 0 Å². The van der Waals surface area contributed by atoms with Gasteiger partial charge in [0.15, 0.2) is 0 Å². The van der Waals surface area contributed by atoms with Crippen molar-refractivity contribution >= 4 is 0 Å². The van der Waals surface area contributed by atoms with Crippen molar-refractivity contribution in [1.29, 1.82) is 0 Å². The van der Waals surface area contributed by atoms with Gasteiger partial charge in [0.2, 0.25) is 0 Å². The van der Waals surface area contributed by atoms with Gasteiger partial charge >= 0.3 is 0 Å². The van der Waals surface area contributed by atoms with E-state index in [1.807, 2.05) is 24.3 Å². The minimum atomic E-state index is -0.495. The molecule has 4 nitrogen and oxygen atoms in total. The molecular formula is C15H22O4. The van der Waals surface area contributed by atoms with Crippen LogP contribution in [-0.2, 0) is 9.47 Å². The van der Waals surface area contributed by atoms with Gasteiger partial charge in [-0.2, -0.15) is 0 Å². The summed E-state index contributed by atoms with van der Waals surface area (Å²) in [6.07, 6.45) is 1.26. The number of benzene rings is 1. The van der Waals surface area contributed by atoms with Gasteiger partial charge in [-0.15, -0.1) is 0 Å². The van der Waals surface area contributed by atoms with Gasteiger partial charge in [-0.1, -0.05) is 18.2 Å². The average Bonchev–Trinajstić information content (AvgIpc) is 2.92. The van der Waals surface area contributed by atoms with E-state index < -0.39 is 6.10 Å². The molecule has 0 spiro atoms. The lowest BCUT2D eigenvalue weighted by molar-refractivity contribution is 0.120. The predicted octanol–water partition coefficient (Wildman–Crippen LogP) is 2.17. The highest BCUT2D eigenvalue weighted by Crippen LogP contribution is 2.31. The topological polar surface area (TPSA) is 47.9 Å². The summed E-state index contributed by atoms with van der Waals surface area (Å²) < 4.78 is 16.0. The Morgan fingerprint density at radius 1 is 1.37 bits per heavy atom. The van der Waals surface area contributed by atoms with Gasteiger partial charge in [0.25, 0.3) is 0 Å². The van der Waals surface area contributed by atoms with Crippen LogP contribution in [0.3, 0.4) is 0 Å². The Kier molecular flexibility index (Phi) is 5.63. The summed E-state index contributed by atoms with van der Waals surface area (Å²) in [7, 11) is 1.64. The maximum atomic E-state index is 10.4. The van der Waals surface area contributed by atoms with E-state index in [-0.39, 0.29) is 0 Å². The number of aliphatic hydroxyl groups excluding tert-OH is 1. The quantitative estimate of drug-likeness (QED) is 0.768. The third-order valence-corrected chi connectivity index (χ3v) is 3.40. The fourth-order valence-electron chi connectivity index (χ4n) is 2.33. The molecule has 0 aromatic heterocycles. The maximum absolute atomic E-state index is 10.4. The maximum Gasteiger partial charge on any atom is 0.125 e. The molecule has 106 valence electrons. The standard InChI is InChI=1S/C15H22O4/c1-17-8-9-19-15-5-3-2-4-13(15)14(16)10-12-6-7-18-11-12/h2-5,12,14,16H,6-11H2,1H3. The number of hydrogen-bond donors (Lipinski definition) is 1. The summed E-state index contributed by atoms with van der Waals surface area (Å²) in [5.74, 6) is 1.19. The second kappa shape index (κ2) is 7.48. The third-order valence-electron chi connectivity index (χ3n) is 3.40. The van der Waals surface area contributed by atoms with Crippen molar-refractivity contribution in [3.8, 4) is 5.75 Å². The molecular weight excluding hydrogens is 244 g/mol. The number of rotatable bonds is 7. The molecule has 1 N–H and O–H groups in total. The molecule has 1 saturated heterocycles. The molecule has 0 amide bonds. The molecule has 1 aliphatic heterocycles. The lowest BCUT2D eigenvalue weighted by Crippen LogP contribution is -2.10. The van der Waals surface area contributed by atoms with Crippen molar-refractivity contribution in [1.82, 2.24) is 0 Å². The van der Waals surface area contributed by atoms with E-state index in [0.29, 0.717) is 19.1 Å². The summed E-state index contributed by atoms with van der Waals surface area (Å²) in [5.41, 5.74) is 0.852. The average molecular weight is 266 g/mol. The van der Waals surface area contributed by atoms with E-state index in [4.69, 9.17) is 14.2 Å². The largest absolute Gasteiger partial charge is 0.491 e. The summed E-state index contributed by atoms with van der Waals surface area (Å²) in [4.78, 5) is 0. The summed E-state index contributed by atoms with van der Waals surface area (Å²) in [5, 5.41) is 10.4. The second-order valence-corrected chi connectivity index (χ2v) is 4.86. The molecule has 0 bridgehead atoms. The smallest absolute Gasteiger partial charge is 0.125 e. The van der Waals surface area contributed by atoms with Crippen molar-refractivity contribution < 1.29 is 19.3 Å². The molecule has 0 saturated carbocycles. The Balaban J connectivity index is 1.96. The second-order valence-electron chi connectivity index (χ2n) is 4.86. The highest BCUT2D eigenvalue weighted by atomic mass is 16.5. The summed E-state index contributed by atoms with van der Waals surface area (Å²) in [6.45, 7) is 2.60. The van der Waals surface area contributed by atoms with E-state index in [9.17, 15) is 5.11 Å². The van der Waals surface area contributed by atoms with Crippen molar-refractivity contribution in [2.75, 3.05) is 33.5 Å². The van der Waals surface area contributed by atoms with Gasteiger partial charge in [0.05, 0.1) is 12.7 Å². The highest BCUT2D eigenvalue weighted by molar-refractivity contribution is 5.35.